The number of nitrogens with one attached hydrogen (secondary N) is 1. The van der Waals surface area contributed by atoms with Gasteiger partial charge in [-0.15, -0.1) is 10.2 Å². The molecule has 2 aromatic heterocycles. The zero-order chi connectivity index (χ0) is 8.39. The van der Waals surface area contributed by atoms with Crippen LogP contribution < -0.4 is 0 Å². The van der Waals surface area contributed by atoms with Gasteiger partial charge < -0.3 is 4.98 Å². The molecule has 5 nitrogen and oxygen atoms in total. The van der Waals surface area contributed by atoms with Gasteiger partial charge in [-0.2, -0.15) is 0 Å². The summed E-state index contributed by atoms with van der Waals surface area (Å²) < 4.78 is 1.69. The highest BCUT2D eigenvalue weighted by atomic mass is 16.1. The molecule has 0 unspecified atom stereocenters. The molecule has 2 rings (SSSR count). The van der Waals surface area contributed by atoms with Crippen LogP contribution in [0.5, 0.6) is 0 Å². The van der Waals surface area contributed by atoms with Gasteiger partial charge in [-0.3, -0.25) is 9.36 Å². The van der Waals surface area contributed by atoms with Crippen LogP contribution in [0.1, 0.15) is 10.5 Å². The second-order valence-corrected chi connectivity index (χ2v) is 2.29. The van der Waals surface area contributed by atoms with Gasteiger partial charge in [-0.05, 0) is 12.1 Å². The molecule has 5 heteroatoms. The van der Waals surface area contributed by atoms with Crippen molar-refractivity contribution in [2.24, 2.45) is 0 Å². The fourth-order valence-corrected chi connectivity index (χ4v) is 0.944. The Labute approximate surface area is 68.1 Å². The van der Waals surface area contributed by atoms with Gasteiger partial charge in [0.2, 0.25) is 0 Å². The Bertz CT molecular complexity index is 376. The first-order valence-electron chi connectivity index (χ1n) is 3.39. The van der Waals surface area contributed by atoms with Gasteiger partial charge in [0.05, 0.1) is 5.69 Å². The molecule has 12 heavy (non-hydrogen) atoms. The topological polar surface area (TPSA) is 63.6 Å². The van der Waals surface area contributed by atoms with Crippen LogP contribution in [0.15, 0.2) is 24.8 Å². The van der Waals surface area contributed by atoms with Crippen molar-refractivity contribution in [3.05, 3.63) is 30.5 Å². The standard InChI is InChI=1S/C7H6N4O/c12-3-6-1-2-7(10-6)11-4-8-9-5-11/h1-5,10H. The smallest absolute Gasteiger partial charge is 0.166 e. The highest BCUT2D eigenvalue weighted by molar-refractivity contribution is 5.72. The molecular formula is C7H6N4O. The van der Waals surface area contributed by atoms with E-state index in [9.17, 15) is 4.79 Å². The summed E-state index contributed by atoms with van der Waals surface area (Å²) >= 11 is 0. The Balaban J connectivity index is 2.41. The lowest BCUT2D eigenvalue weighted by Crippen LogP contribution is -1.90. The minimum atomic E-state index is 0.540. The highest BCUT2D eigenvalue weighted by Gasteiger charge is 1.98. The normalized spacial score (nSPS) is 10.0. The van der Waals surface area contributed by atoms with E-state index in [2.05, 4.69) is 15.2 Å². The summed E-state index contributed by atoms with van der Waals surface area (Å²) in [5.41, 5.74) is 0.540. The van der Waals surface area contributed by atoms with Crippen LogP contribution in [-0.2, 0) is 0 Å². The summed E-state index contributed by atoms with van der Waals surface area (Å²) in [6, 6.07) is 3.48. The predicted octanol–water partition coefficient (Wildman–Crippen LogP) is 0.408. The van der Waals surface area contributed by atoms with E-state index >= 15 is 0 Å². The minimum Gasteiger partial charge on any atom is -0.339 e. The summed E-state index contributed by atoms with van der Waals surface area (Å²) in [5.74, 6) is 0.780. The van der Waals surface area contributed by atoms with Gasteiger partial charge in [-0.1, -0.05) is 0 Å². The lowest BCUT2D eigenvalue weighted by Gasteiger charge is -1.92. The van der Waals surface area contributed by atoms with Gasteiger partial charge in [0.1, 0.15) is 18.5 Å². The summed E-state index contributed by atoms with van der Waals surface area (Å²) in [4.78, 5) is 13.2. The Hall–Kier alpha value is -1.91. The number of aromatic amines is 1. The Morgan fingerprint density at radius 3 is 2.67 bits per heavy atom. The summed E-state index contributed by atoms with van der Waals surface area (Å²) in [6.07, 6.45) is 3.87. The van der Waals surface area contributed by atoms with E-state index in [0.29, 0.717) is 5.69 Å². The number of aldehydes is 1. The zero-order valence-corrected chi connectivity index (χ0v) is 6.14. The SMILES string of the molecule is O=Cc1ccc(-n2cnnc2)[nH]1. The number of hydrogen-bond donors (Lipinski definition) is 1. The molecule has 0 amide bonds. The number of hydrogen-bond acceptors (Lipinski definition) is 3. The average Bonchev–Trinajstić information content (AvgIpc) is 2.75. The molecule has 1 N–H and O–H groups in total. The van der Waals surface area contributed by atoms with Crippen molar-refractivity contribution >= 4 is 6.29 Å². The highest BCUT2D eigenvalue weighted by Crippen LogP contribution is 2.04. The summed E-state index contributed by atoms with van der Waals surface area (Å²) in [7, 11) is 0. The van der Waals surface area contributed by atoms with Crippen molar-refractivity contribution in [1.82, 2.24) is 19.7 Å². The van der Waals surface area contributed by atoms with E-state index in [0.717, 1.165) is 12.1 Å². The maximum atomic E-state index is 10.3. The van der Waals surface area contributed by atoms with Crippen molar-refractivity contribution in [2.45, 2.75) is 0 Å². The second kappa shape index (κ2) is 2.61. The molecular weight excluding hydrogens is 156 g/mol. The fourth-order valence-electron chi connectivity index (χ4n) is 0.944. The third-order valence-corrected chi connectivity index (χ3v) is 1.52. The van der Waals surface area contributed by atoms with Crippen LogP contribution in [0.4, 0.5) is 0 Å². The molecule has 0 saturated heterocycles. The van der Waals surface area contributed by atoms with Crippen molar-refractivity contribution in [1.29, 1.82) is 0 Å². The van der Waals surface area contributed by atoms with E-state index in [1.807, 2.05) is 0 Å². The molecule has 0 atom stereocenters. The third-order valence-electron chi connectivity index (χ3n) is 1.52. The van der Waals surface area contributed by atoms with E-state index in [4.69, 9.17) is 0 Å². The lowest BCUT2D eigenvalue weighted by atomic mass is 10.5. The predicted molar refractivity (Wildman–Crippen MR) is 41.1 cm³/mol. The van der Waals surface area contributed by atoms with Gasteiger partial charge in [0.25, 0.3) is 0 Å². The largest absolute Gasteiger partial charge is 0.339 e. The van der Waals surface area contributed by atoms with Gasteiger partial charge in [-0.25, -0.2) is 0 Å². The van der Waals surface area contributed by atoms with Crippen LogP contribution in [0.25, 0.3) is 5.82 Å². The molecule has 0 radical (unpaired) electrons. The van der Waals surface area contributed by atoms with Gasteiger partial charge >= 0.3 is 0 Å². The maximum absolute atomic E-state index is 10.3. The molecule has 0 aliphatic heterocycles. The van der Waals surface area contributed by atoms with E-state index in [1.165, 1.54) is 0 Å². The van der Waals surface area contributed by atoms with Gasteiger partial charge in [0.15, 0.2) is 6.29 Å². The number of carbonyl (C=O) groups excluding carboxylic acids is 1. The Kier molecular flexibility index (Phi) is 1.48. The number of nitrogens with zero attached hydrogens (tertiary/aromatic N) is 3. The average molecular weight is 162 g/mol. The second-order valence-electron chi connectivity index (χ2n) is 2.29. The fraction of sp³-hybridized carbons (Fsp3) is 0. The number of H-pyrrole nitrogens is 1. The first-order valence-corrected chi connectivity index (χ1v) is 3.39. The van der Waals surface area contributed by atoms with E-state index in [-0.39, 0.29) is 0 Å². The number of aromatic nitrogens is 4. The molecule has 0 bridgehead atoms. The van der Waals surface area contributed by atoms with Crippen molar-refractivity contribution in [2.75, 3.05) is 0 Å². The molecule has 0 aliphatic rings. The molecule has 0 fully saturated rings. The molecule has 0 saturated carbocycles. The van der Waals surface area contributed by atoms with E-state index < -0.39 is 0 Å². The molecule has 60 valence electrons. The lowest BCUT2D eigenvalue weighted by molar-refractivity contribution is 0.111. The van der Waals surface area contributed by atoms with Crippen molar-refractivity contribution < 1.29 is 4.79 Å². The summed E-state index contributed by atoms with van der Waals surface area (Å²) in [6.45, 7) is 0. The van der Waals surface area contributed by atoms with Crippen LogP contribution in [-0.4, -0.2) is 26.0 Å². The maximum Gasteiger partial charge on any atom is 0.166 e. The third kappa shape index (κ3) is 1.01. The molecule has 2 aromatic rings. The summed E-state index contributed by atoms with van der Waals surface area (Å²) in [5, 5.41) is 7.28. The van der Waals surface area contributed by atoms with Crippen LogP contribution in [0.3, 0.4) is 0 Å². The molecule has 0 aliphatic carbocycles. The number of rotatable bonds is 2. The minimum absolute atomic E-state index is 0.540. The van der Waals surface area contributed by atoms with Crippen molar-refractivity contribution in [3.8, 4) is 5.82 Å². The zero-order valence-electron chi connectivity index (χ0n) is 6.14. The monoisotopic (exact) mass is 162 g/mol. The van der Waals surface area contributed by atoms with E-state index in [1.54, 1.807) is 29.4 Å². The Morgan fingerprint density at radius 2 is 2.08 bits per heavy atom. The van der Waals surface area contributed by atoms with Crippen LogP contribution >= 0.6 is 0 Å². The molecule has 2 heterocycles. The molecule has 0 spiro atoms. The first-order chi connectivity index (χ1) is 5.90. The van der Waals surface area contributed by atoms with Crippen LogP contribution in [0.2, 0.25) is 0 Å². The Morgan fingerprint density at radius 1 is 1.33 bits per heavy atom. The molecule has 0 aromatic carbocycles. The quantitative estimate of drug-likeness (QED) is 0.650. The van der Waals surface area contributed by atoms with Crippen LogP contribution in [0, 0.1) is 0 Å². The van der Waals surface area contributed by atoms with Gasteiger partial charge in [0, 0.05) is 0 Å². The first kappa shape index (κ1) is 6.78. The van der Waals surface area contributed by atoms with Crippen molar-refractivity contribution in [3.63, 3.8) is 0 Å². The number of carbonyl (C=O) groups is 1.